The van der Waals surface area contributed by atoms with Crippen LogP contribution in [0.3, 0.4) is 0 Å². The predicted octanol–water partition coefficient (Wildman–Crippen LogP) is 45.6. The molecule has 138 heavy (non-hydrogen) atoms. The van der Waals surface area contributed by atoms with E-state index in [2.05, 4.69) is 150 Å². The Hall–Kier alpha value is -3.04. The predicted molar refractivity (Wildman–Crippen MR) is 629 cm³/mol. The Morgan fingerprint density at radius 2 is 0.435 bits per heavy atom. The van der Waals surface area contributed by atoms with Crippen molar-refractivity contribution in [2.24, 2.45) is 23.7 Å². The standard InChI is InChI=1S/C60H94Br2N2O2S4.C60H96N2O2S4/c1-7-13-17-19-21-23-25-27-29-31-33-35-39-49-57(61)69-59(63-49)51-41-47-53(65-43-45(11-5)37-15-9-3)56-48(54(55(47)67-51)66-44-46(12-6)38-16-10-4)42-52(68-56)60-64-50(58(62)70-60)40-36-34-32-30-28-26-24-22-20-18-14-8-2;1-7-13-17-19-21-23-25-27-29-31-33-35-39-49-45-65-59(61-49)53-41-51-55(63-43-47(11-5)37-15-9-3)58-52(56(57(51)67-53)64-44-48(12-6)38-16-10-4)42-54(68-58)60-62-50(46-66-60)40-36-34-32-30-28-26-24-22-20-18-14-8-2/h41-42,45-46H,7-40,43-44H2,1-6H3;41-42,45-48H,7-40,43-44H2,1-6H3. The molecule has 0 bridgehead atoms. The summed E-state index contributed by atoms with van der Waals surface area (Å²) in [5.41, 5.74) is 4.91. The summed E-state index contributed by atoms with van der Waals surface area (Å²) >= 11 is 22.6. The number of thiophene rings is 4. The van der Waals surface area contributed by atoms with Gasteiger partial charge in [-0.15, -0.1) is 90.7 Å². The highest BCUT2D eigenvalue weighted by molar-refractivity contribution is 9.11. The van der Waals surface area contributed by atoms with Crippen LogP contribution in [0.15, 0.2) is 42.6 Å². The lowest BCUT2D eigenvalue weighted by Gasteiger charge is -2.19. The first kappa shape index (κ1) is 119. The Morgan fingerprint density at radius 1 is 0.232 bits per heavy atom. The van der Waals surface area contributed by atoms with Crippen LogP contribution in [0.2, 0.25) is 0 Å². The highest BCUT2D eigenvalue weighted by atomic mass is 79.9. The number of thiazole rings is 4. The van der Waals surface area contributed by atoms with Crippen LogP contribution in [0.4, 0.5) is 0 Å². The third kappa shape index (κ3) is 41.9. The molecule has 10 rings (SSSR count). The van der Waals surface area contributed by atoms with Gasteiger partial charge < -0.3 is 18.9 Å². The Kier molecular flexibility index (Phi) is 62.1. The van der Waals surface area contributed by atoms with Gasteiger partial charge in [0.15, 0.2) is 0 Å². The average molecular weight is 2170 g/mol. The van der Waals surface area contributed by atoms with Crippen molar-refractivity contribution in [2.45, 2.75) is 520 Å². The van der Waals surface area contributed by atoms with Crippen LogP contribution >= 0.6 is 123 Å². The fourth-order valence-electron chi connectivity index (χ4n) is 19.6. The number of ether oxygens (including phenoxy) is 4. The van der Waals surface area contributed by atoms with Gasteiger partial charge in [0, 0.05) is 32.3 Å². The van der Waals surface area contributed by atoms with E-state index in [1.54, 1.807) is 22.7 Å². The summed E-state index contributed by atoms with van der Waals surface area (Å²) in [6.07, 6.45) is 89.2. The van der Waals surface area contributed by atoms with Gasteiger partial charge in [0.2, 0.25) is 0 Å². The van der Waals surface area contributed by atoms with Gasteiger partial charge in [-0.05, 0) is 157 Å². The Balaban J connectivity index is 0.000000309. The van der Waals surface area contributed by atoms with E-state index >= 15 is 0 Å². The van der Waals surface area contributed by atoms with Gasteiger partial charge in [-0.3, -0.25) is 0 Å². The van der Waals surface area contributed by atoms with Gasteiger partial charge in [0.25, 0.3) is 0 Å². The molecule has 0 saturated carbocycles. The summed E-state index contributed by atoms with van der Waals surface area (Å²) in [5, 5.41) is 13.8. The largest absolute Gasteiger partial charge is 0.491 e. The molecule has 0 amide bonds. The summed E-state index contributed by atoms with van der Waals surface area (Å²) in [6, 6.07) is 9.55. The molecule has 0 saturated heterocycles. The van der Waals surface area contributed by atoms with Crippen molar-refractivity contribution in [3.05, 3.63) is 65.4 Å². The van der Waals surface area contributed by atoms with Crippen molar-refractivity contribution in [1.82, 2.24) is 19.9 Å². The molecule has 0 N–H and O–H groups in total. The molecule has 8 aromatic heterocycles. The number of fused-ring (bicyclic) bond motifs is 4. The number of halogens is 2. The van der Waals surface area contributed by atoms with Crippen LogP contribution in [0, 0.1) is 23.7 Å². The summed E-state index contributed by atoms with van der Waals surface area (Å²) in [6.45, 7) is 30.7. The molecule has 8 heterocycles. The maximum Gasteiger partial charge on any atom is 0.146 e. The van der Waals surface area contributed by atoms with Gasteiger partial charge in [-0.1, -0.05) is 443 Å². The van der Waals surface area contributed by atoms with Crippen molar-refractivity contribution in [2.75, 3.05) is 26.4 Å². The van der Waals surface area contributed by atoms with Crippen LogP contribution in [0.25, 0.3) is 79.9 Å². The topological polar surface area (TPSA) is 88.5 Å². The number of aromatic nitrogens is 4. The summed E-state index contributed by atoms with van der Waals surface area (Å²) in [5.74, 6) is 6.25. The summed E-state index contributed by atoms with van der Waals surface area (Å²) in [4.78, 5) is 26.1. The van der Waals surface area contributed by atoms with E-state index in [0.717, 1.165) is 121 Å². The van der Waals surface area contributed by atoms with Crippen molar-refractivity contribution in [3.8, 4) is 62.5 Å². The zero-order valence-electron chi connectivity index (χ0n) is 89.1. The minimum Gasteiger partial charge on any atom is -0.491 e. The SMILES string of the molecule is CCCCCCCCCCCCCCc1csc(-c2cc3c(OCC(CC)CCCC)c4sc(-c5nc(CCCCCCCCCCCCCC)cs5)cc4c(OCC(CC)CCCC)c3s2)n1.CCCCCCCCCCCCCCc1nc(-c2cc3c(OCC(CC)CCCC)c4sc(-c5nc(CCCCCCCCCCCCCC)c(Br)s5)cc4c(OCC(CC)CCCC)c3s2)sc1Br. The quantitative estimate of drug-likeness (QED) is 0.0348. The van der Waals surface area contributed by atoms with E-state index < -0.39 is 0 Å². The molecule has 4 unspecified atom stereocenters. The van der Waals surface area contributed by atoms with E-state index in [1.165, 1.54) is 475 Å². The highest BCUT2D eigenvalue weighted by Gasteiger charge is 2.30. The van der Waals surface area contributed by atoms with E-state index in [1.807, 2.05) is 68.0 Å². The number of aryl methyl sites for hydroxylation is 4. The zero-order valence-corrected chi connectivity index (χ0v) is 98.8. The Labute approximate surface area is 891 Å². The molecule has 0 fully saturated rings. The minimum atomic E-state index is 0.526. The van der Waals surface area contributed by atoms with Gasteiger partial charge in [-0.2, -0.15) is 0 Å². The smallest absolute Gasteiger partial charge is 0.146 e. The lowest BCUT2D eigenvalue weighted by molar-refractivity contribution is 0.235. The van der Waals surface area contributed by atoms with Crippen LogP contribution in [0.5, 0.6) is 23.0 Å². The third-order valence-electron chi connectivity index (χ3n) is 29.1. The lowest BCUT2D eigenvalue weighted by Crippen LogP contribution is -2.12. The molecule has 10 aromatic rings. The third-order valence-corrected chi connectivity index (χ3v) is 39.8. The summed E-state index contributed by atoms with van der Waals surface area (Å²) < 4.78 is 35.7. The van der Waals surface area contributed by atoms with Crippen LogP contribution in [-0.2, 0) is 25.7 Å². The molecule has 0 aliphatic heterocycles. The van der Waals surface area contributed by atoms with E-state index in [9.17, 15) is 0 Å². The maximum absolute atomic E-state index is 7.16. The van der Waals surface area contributed by atoms with Crippen LogP contribution in [-0.4, -0.2) is 46.4 Å². The second-order valence-electron chi connectivity index (χ2n) is 41.0. The van der Waals surface area contributed by atoms with E-state index in [-0.39, 0.29) is 0 Å². The Morgan fingerprint density at radius 3 is 0.652 bits per heavy atom. The molecule has 8 nitrogen and oxygen atoms in total. The molecular formula is C120H190Br2N4O4S8. The second kappa shape index (κ2) is 72.3. The fourth-order valence-corrected chi connectivity index (χ4v) is 29.4. The molecule has 0 radical (unpaired) electrons. The zero-order chi connectivity index (χ0) is 97.8. The van der Waals surface area contributed by atoms with Crippen LogP contribution in [0.1, 0.15) is 517 Å². The second-order valence-corrected chi connectivity index (χ2v) is 51.5. The molecule has 0 aliphatic carbocycles. The number of hydrogen-bond acceptors (Lipinski definition) is 16. The monoisotopic (exact) mass is 2170 g/mol. The molecular weight excluding hydrogens is 1980 g/mol. The van der Waals surface area contributed by atoms with Crippen molar-refractivity contribution >= 4 is 163 Å². The van der Waals surface area contributed by atoms with Crippen LogP contribution < -0.4 is 18.9 Å². The summed E-state index contributed by atoms with van der Waals surface area (Å²) in [7, 11) is 0. The van der Waals surface area contributed by atoms with Crippen molar-refractivity contribution < 1.29 is 18.9 Å². The first-order valence-electron chi connectivity index (χ1n) is 57.7. The highest BCUT2D eigenvalue weighted by Crippen LogP contribution is 2.56. The van der Waals surface area contributed by atoms with Gasteiger partial charge >= 0.3 is 0 Å². The lowest BCUT2D eigenvalue weighted by atomic mass is 10.0. The average Bonchev–Trinajstić information content (AvgIpc) is 1.58. The molecule has 776 valence electrons. The molecule has 0 spiro atoms. The Bertz CT molecular complexity index is 4390. The fraction of sp³-hybridized carbons (Fsp3) is 0.733. The normalized spacial score (nSPS) is 12.8. The number of unbranched alkanes of at least 4 members (excludes halogenated alkanes) is 48. The number of benzene rings is 2. The first-order valence-corrected chi connectivity index (χ1v) is 65.9. The van der Waals surface area contributed by atoms with Gasteiger partial charge in [0.1, 0.15) is 43.0 Å². The molecule has 2 aromatic carbocycles. The van der Waals surface area contributed by atoms with Gasteiger partial charge in [-0.25, -0.2) is 19.9 Å². The number of hydrogen-bond donors (Lipinski definition) is 0. The molecule has 4 atom stereocenters. The van der Waals surface area contributed by atoms with E-state index in [4.69, 9.17) is 38.9 Å². The number of nitrogens with zero attached hydrogens (tertiary/aromatic N) is 4. The van der Waals surface area contributed by atoms with Crippen molar-refractivity contribution in [3.63, 3.8) is 0 Å². The first-order chi connectivity index (χ1) is 67.9. The molecule has 0 aliphatic rings. The van der Waals surface area contributed by atoms with E-state index in [0.29, 0.717) is 23.7 Å². The van der Waals surface area contributed by atoms with Gasteiger partial charge in [0.05, 0.1) is 95.1 Å². The number of rotatable bonds is 84. The maximum atomic E-state index is 7.16. The minimum absolute atomic E-state index is 0.526. The molecule has 18 heteroatoms. The van der Waals surface area contributed by atoms with Crippen molar-refractivity contribution in [1.29, 1.82) is 0 Å².